The zero-order valence-corrected chi connectivity index (χ0v) is 30.6. The van der Waals surface area contributed by atoms with Crippen LogP contribution in [0.3, 0.4) is 0 Å². The fraction of sp³-hybridized carbons (Fsp3) is 0.500. The number of amides is 1. The molecule has 2 aromatic rings. The molecule has 5 rings (SSSR count). The molecule has 46 heavy (non-hydrogen) atoms. The van der Waals surface area contributed by atoms with E-state index < -0.39 is 5.92 Å². The van der Waals surface area contributed by atoms with Crippen LogP contribution in [-0.2, 0) is 14.4 Å². The van der Waals surface area contributed by atoms with Gasteiger partial charge in [-0.05, 0) is 114 Å². The Morgan fingerprint density at radius 3 is 2.04 bits per heavy atom. The maximum absolute atomic E-state index is 14.1. The summed E-state index contributed by atoms with van der Waals surface area (Å²) in [6, 6.07) is 9.71. The summed E-state index contributed by atoms with van der Waals surface area (Å²) in [5, 5.41) is 2.91. The van der Waals surface area contributed by atoms with Crippen molar-refractivity contribution in [1.82, 2.24) is 4.90 Å². The SMILES string of the molecule is CCCN1C2=C(C(=O)CC(C)(C)C2)C(c2cc(I)c(OCC(=O)Nc3ccc(C)c(C)c3)c(OCC)c2)C2=C1CC(C)(C)CC2=O. The van der Waals surface area contributed by atoms with Crippen molar-refractivity contribution in [1.29, 1.82) is 0 Å². The minimum absolute atomic E-state index is 0.109. The van der Waals surface area contributed by atoms with Crippen LogP contribution in [0.1, 0.15) is 96.3 Å². The van der Waals surface area contributed by atoms with Gasteiger partial charge in [0.15, 0.2) is 29.7 Å². The van der Waals surface area contributed by atoms with Gasteiger partial charge in [-0.15, -0.1) is 0 Å². The molecule has 1 aliphatic heterocycles. The second kappa shape index (κ2) is 13.2. The van der Waals surface area contributed by atoms with E-state index in [1.54, 1.807) is 0 Å². The number of nitrogens with one attached hydrogen (secondary N) is 1. The van der Waals surface area contributed by atoms with E-state index in [-0.39, 0.29) is 34.9 Å². The van der Waals surface area contributed by atoms with E-state index in [4.69, 9.17) is 9.47 Å². The Morgan fingerprint density at radius 1 is 0.891 bits per heavy atom. The minimum atomic E-state index is -0.472. The monoisotopic (exact) mass is 738 g/mol. The Labute approximate surface area is 287 Å². The van der Waals surface area contributed by atoms with Gasteiger partial charge in [0.05, 0.1) is 10.2 Å². The molecule has 0 spiro atoms. The van der Waals surface area contributed by atoms with Crippen molar-refractivity contribution in [2.45, 2.75) is 93.4 Å². The average molecular weight is 739 g/mol. The number of rotatable bonds is 9. The lowest BCUT2D eigenvalue weighted by atomic mass is 9.63. The highest BCUT2D eigenvalue weighted by molar-refractivity contribution is 14.1. The molecule has 0 saturated heterocycles. The summed E-state index contributed by atoms with van der Waals surface area (Å²) in [4.78, 5) is 43.4. The Hall–Kier alpha value is -3.14. The van der Waals surface area contributed by atoms with Crippen LogP contribution in [0, 0.1) is 28.2 Å². The number of carbonyl (C=O) groups excluding carboxylic acids is 3. The number of nitrogens with zero attached hydrogens (tertiary/aromatic N) is 1. The van der Waals surface area contributed by atoms with Crippen molar-refractivity contribution >= 4 is 45.8 Å². The molecule has 0 radical (unpaired) electrons. The molecule has 8 heteroatoms. The highest BCUT2D eigenvalue weighted by Crippen LogP contribution is 2.55. The molecule has 1 N–H and O–H groups in total. The normalized spacial score (nSPS) is 19.2. The maximum Gasteiger partial charge on any atom is 0.262 e. The second-order valence-electron chi connectivity index (χ2n) is 14.6. The minimum Gasteiger partial charge on any atom is -0.490 e. The van der Waals surface area contributed by atoms with Gasteiger partial charge in [0, 0.05) is 53.5 Å². The molecule has 0 unspecified atom stereocenters. The van der Waals surface area contributed by atoms with Crippen molar-refractivity contribution in [3.63, 3.8) is 0 Å². The molecule has 2 aromatic carbocycles. The zero-order chi connectivity index (χ0) is 33.6. The lowest BCUT2D eigenvalue weighted by molar-refractivity contribution is -0.120. The first-order valence-corrected chi connectivity index (χ1v) is 17.5. The third-order valence-corrected chi connectivity index (χ3v) is 10.1. The van der Waals surface area contributed by atoms with Gasteiger partial charge in [0.1, 0.15) is 0 Å². The van der Waals surface area contributed by atoms with Crippen LogP contribution in [0.2, 0.25) is 0 Å². The molecule has 7 nitrogen and oxygen atoms in total. The first-order valence-electron chi connectivity index (χ1n) is 16.4. The Morgan fingerprint density at radius 2 is 1.50 bits per heavy atom. The van der Waals surface area contributed by atoms with Crippen LogP contribution < -0.4 is 14.8 Å². The number of Topliss-reactive ketones (excluding diaryl/α,β-unsaturated/α-hetero) is 2. The summed E-state index contributed by atoms with van der Waals surface area (Å²) >= 11 is 2.21. The molecule has 3 aliphatic rings. The van der Waals surface area contributed by atoms with E-state index in [0.717, 1.165) is 74.3 Å². The number of allylic oxidation sites excluding steroid dienone is 4. The Bertz CT molecular complexity index is 1600. The van der Waals surface area contributed by atoms with Crippen LogP contribution >= 0.6 is 22.6 Å². The number of ether oxygens (including phenoxy) is 2. The third-order valence-electron chi connectivity index (χ3n) is 9.27. The van der Waals surface area contributed by atoms with E-state index in [2.05, 4.69) is 67.4 Å². The van der Waals surface area contributed by atoms with Gasteiger partial charge in [-0.25, -0.2) is 0 Å². The smallest absolute Gasteiger partial charge is 0.262 e. The molecule has 2 aliphatic carbocycles. The molecule has 0 bridgehead atoms. The Balaban J connectivity index is 1.56. The first kappa shape index (κ1) is 34.2. The molecule has 0 saturated carbocycles. The van der Waals surface area contributed by atoms with Crippen molar-refractivity contribution < 1.29 is 23.9 Å². The van der Waals surface area contributed by atoms with Crippen LogP contribution in [0.4, 0.5) is 5.69 Å². The highest BCUT2D eigenvalue weighted by Gasteiger charge is 2.49. The Kier molecular flexibility index (Phi) is 9.79. The van der Waals surface area contributed by atoms with Gasteiger partial charge in [-0.1, -0.05) is 40.7 Å². The predicted octanol–water partition coefficient (Wildman–Crippen LogP) is 8.42. The van der Waals surface area contributed by atoms with E-state index in [9.17, 15) is 14.4 Å². The largest absolute Gasteiger partial charge is 0.490 e. The molecular formula is C38H47IN2O5. The van der Waals surface area contributed by atoms with E-state index in [0.29, 0.717) is 30.9 Å². The molecular weight excluding hydrogens is 691 g/mol. The topological polar surface area (TPSA) is 84.9 Å². The number of benzene rings is 2. The fourth-order valence-corrected chi connectivity index (χ4v) is 7.97. The third kappa shape index (κ3) is 6.92. The molecule has 0 atom stereocenters. The number of hydrogen-bond donors (Lipinski definition) is 1. The number of anilines is 1. The summed E-state index contributed by atoms with van der Waals surface area (Å²) in [7, 11) is 0. The van der Waals surface area contributed by atoms with Crippen molar-refractivity contribution in [2.24, 2.45) is 10.8 Å². The second-order valence-corrected chi connectivity index (χ2v) is 15.7. The first-order chi connectivity index (χ1) is 21.6. The van der Waals surface area contributed by atoms with Crippen molar-refractivity contribution in [3.05, 3.63) is 73.1 Å². The maximum atomic E-state index is 14.1. The highest BCUT2D eigenvalue weighted by atomic mass is 127. The summed E-state index contributed by atoms with van der Waals surface area (Å²) in [5.41, 5.74) is 7.11. The van der Waals surface area contributed by atoms with Gasteiger partial charge in [0.2, 0.25) is 0 Å². The molecule has 1 heterocycles. The fourth-order valence-electron chi connectivity index (χ4n) is 7.19. The standard InChI is InChI=1S/C38H47IN2O5/c1-9-13-41-27-17-37(5,6)19-29(42)34(27)33(35-28(41)18-38(7,8)20-30(35)43)24-15-26(39)36(31(16-24)45-10-2)46-21-32(44)40-25-12-11-22(3)23(4)14-25/h11-12,14-16,33H,9-10,13,17-21H2,1-8H3,(H,40,44). The lowest BCUT2D eigenvalue weighted by Crippen LogP contribution is -2.44. The number of carbonyl (C=O) groups is 3. The van der Waals surface area contributed by atoms with Crippen LogP contribution in [0.5, 0.6) is 11.5 Å². The number of aryl methyl sites for hydroxylation is 2. The molecule has 0 aromatic heterocycles. The van der Waals surface area contributed by atoms with Gasteiger partial charge < -0.3 is 19.7 Å². The zero-order valence-electron chi connectivity index (χ0n) is 28.5. The quantitative estimate of drug-likeness (QED) is 0.260. The summed E-state index contributed by atoms with van der Waals surface area (Å²) in [6.45, 7) is 17.7. The van der Waals surface area contributed by atoms with Crippen molar-refractivity contribution in [3.8, 4) is 11.5 Å². The van der Waals surface area contributed by atoms with Gasteiger partial charge in [0.25, 0.3) is 5.91 Å². The summed E-state index contributed by atoms with van der Waals surface area (Å²) in [6.07, 6.45) is 3.36. The van der Waals surface area contributed by atoms with Gasteiger partial charge in [-0.2, -0.15) is 0 Å². The van der Waals surface area contributed by atoms with Gasteiger partial charge >= 0.3 is 0 Å². The van der Waals surface area contributed by atoms with Gasteiger partial charge in [-0.3, -0.25) is 14.4 Å². The number of hydrogen-bond acceptors (Lipinski definition) is 6. The molecule has 1 amide bonds. The summed E-state index contributed by atoms with van der Waals surface area (Å²) < 4.78 is 13.0. The van der Waals surface area contributed by atoms with Crippen LogP contribution in [0.15, 0.2) is 52.9 Å². The van der Waals surface area contributed by atoms with Crippen molar-refractivity contribution in [2.75, 3.05) is 25.1 Å². The number of ketones is 2. The van der Waals surface area contributed by atoms with E-state index in [1.165, 1.54) is 0 Å². The van der Waals surface area contributed by atoms with Crippen LogP contribution in [0.25, 0.3) is 0 Å². The molecule has 246 valence electrons. The number of halogens is 1. The average Bonchev–Trinajstić information content (AvgIpc) is 2.94. The summed E-state index contributed by atoms with van der Waals surface area (Å²) in [5.74, 6) is 0.441. The van der Waals surface area contributed by atoms with E-state index >= 15 is 0 Å². The van der Waals surface area contributed by atoms with Crippen LogP contribution in [-0.4, -0.2) is 42.1 Å². The lowest BCUT2D eigenvalue weighted by Gasteiger charge is -2.49. The van der Waals surface area contributed by atoms with E-state index in [1.807, 2.05) is 51.1 Å². The molecule has 0 fully saturated rings. The predicted molar refractivity (Wildman–Crippen MR) is 190 cm³/mol.